The standard InChI is InChI=1S/C14H17BrN2S2/c1-9(2)16-7-11-4-5-12(15)6-13(11)19-14-17-10(3)8-18-14/h4-6,8-9,16H,7H2,1-3H3. The molecule has 0 radical (unpaired) electrons. The first-order valence-electron chi connectivity index (χ1n) is 6.16. The van der Waals surface area contributed by atoms with Crippen molar-refractivity contribution in [3.8, 4) is 0 Å². The molecule has 1 N–H and O–H groups in total. The van der Waals surface area contributed by atoms with Crippen molar-refractivity contribution in [3.05, 3.63) is 39.3 Å². The van der Waals surface area contributed by atoms with Crippen molar-refractivity contribution in [2.75, 3.05) is 0 Å². The minimum absolute atomic E-state index is 0.489. The van der Waals surface area contributed by atoms with Gasteiger partial charge in [-0.1, -0.05) is 47.6 Å². The van der Waals surface area contributed by atoms with Gasteiger partial charge in [-0.25, -0.2) is 4.98 Å². The van der Waals surface area contributed by atoms with E-state index < -0.39 is 0 Å². The fraction of sp³-hybridized carbons (Fsp3) is 0.357. The van der Waals surface area contributed by atoms with Gasteiger partial charge < -0.3 is 5.32 Å². The average molecular weight is 357 g/mol. The third kappa shape index (κ3) is 4.60. The number of hydrogen-bond acceptors (Lipinski definition) is 4. The molecule has 0 aliphatic rings. The van der Waals surface area contributed by atoms with Crippen molar-refractivity contribution in [1.29, 1.82) is 0 Å². The summed E-state index contributed by atoms with van der Waals surface area (Å²) in [5.74, 6) is 0. The molecule has 0 fully saturated rings. The highest BCUT2D eigenvalue weighted by Gasteiger charge is 2.08. The lowest BCUT2D eigenvalue weighted by Gasteiger charge is -2.12. The second-order valence-electron chi connectivity index (χ2n) is 4.64. The highest BCUT2D eigenvalue weighted by molar-refractivity contribution is 9.10. The lowest BCUT2D eigenvalue weighted by atomic mass is 10.2. The molecule has 0 aliphatic heterocycles. The van der Waals surface area contributed by atoms with Crippen molar-refractivity contribution in [1.82, 2.24) is 10.3 Å². The van der Waals surface area contributed by atoms with Crippen LogP contribution in [0, 0.1) is 6.92 Å². The van der Waals surface area contributed by atoms with Crippen LogP contribution in [-0.4, -0.2) is 11.0 Å². The van der Waals surface area contributed by atoms with Crippen LogP contribution in [0.1, 0.15) is 25.1 Å². The maximum atomic E-state index is 4.52. The minimum atomic E-state index is 0.489. The summed E-state index contributed by atoms with van der Waals surface area (Å²) < 4.78 is 2.21. The number of benzene rings is 1. The number of nitrogens with one attached hydrogen (secondary N) is 1. The molecule has 2 rings (SSSR count). The van der Waals surface area contributed by atoms with E-state index in [1.807, 2.05) is 6.92 Å². The van der Waals surface area contributed by atoms with E-state index in [0.29, 0.717) is 6.04 Å². The summed E-state index contributed by atoms with van der Waals surface area (Å²) >= 11 is 6.98. The van der Waals surface area contributed by atoms with Crippen molar-refractivity contribution < 1.29 is 0 Å². The Morgan fingerprint density at radius 1 is 1.42 bits per heavy atom. The number of nitrogens with zero attached hydrogens (tertiary/aromatic N) is 1. The van der Waals surface area contributed by atoms with E-state index in [2.05, 4.69) is 63.7 Å². The fourth-order valence-electron chi connectivity index (χ4n) is 1.56. The molecular formula is C14H17BrN2S2. The predicted molar refractivity (Wildman–Crippen MR) is 87.1 cm³/mol. The van der Waals surface area contributed by atoms with Gasteiger partial charge in [0.25, 0.3) is 0 Å². The molecular weight excluding hydrogens is 340 g/mol. The molecule has 19 heavy (non-hydrogen) atoms. The van der Waals surface area contributed by atoms with Gasteiger partial charge in [-0.15, -0.1) is 11.3 Å². The van der Waals surface area contributed by atoms with Crippen molar-refractivity contribution in [3.63, 3.8) is 0 Å². The molecule has 0 atom stereocenters. The first-order valence-corrected chi connectivity index (χ1v) is 8.65. The van der Waals surface area contributed by atoms with Crippen molar-refractivity contribution >= 4 is 39.0 Å². The summed E-state index contributed by atoms with van der Waals surface area (Å²) in [7, 11) is 0. The third-order valence-electron chi connectivity index (χ3n) is 2.53. The molecule has 102 valence electrons. The topological polar surface area (TPSA) is 24.9 Å². The van der Waals surface area contributed by atoms with Crippen LogP contribution in [0.5, 0.6) is 0 Å². The smallest absolute Gasteiger partial charge is 0.154 e. The van der Waals surface area contributed by atoms with Crippen LogP contribution in [0.15, 0.2) is 37.3 Å². The molecule has 1 heterocycles. The molecule has 2 nitrogen and oxygen atoms in total. The highest BCUT2D eigenvalue weighted by Crippen LogP contribution is 2.34. The summed E-state index contributed by atoms with van der Waals surface area (Å²) in [5, 5.41) is 5.56. The summed E-state index contributed by atoms with van der Waals surface area (Å²) in [6, 6.07) is 6.92. The molecule has 1 aromatic heterocycles. The Bertz CT molecular complexity index is 552. The van der Waals surface area contributed by atoms with Gasteiger partial charge in [0.15, 0.2) is 4.34 Å². The molecule has 1 aromatic carbocycles. The fourth-order valence-corrected chi connectivity index (χ4v) is 4.03. The lowest BCUT2D eigenvalue weighted by molar-refractivity contribution is 0.584. The minimum Gasteiger partial charge on any atom is -0.310 e. The Kier molecular flexibility index (Phi) is 5.45. The summed E-state index contributed by atoms with van der Waals surface area (Å²) in [5.41, 5.74) is 2.40. The maximum Gasteiger partial charge on any atom is 0.154 e. The van der Waals surface area contributed by atoms with Crippen LogP contribution < -0.4 is 5.32 Å². The van der Waals surface area contributed by atoms with Gasteiger partial charge in [0.2, 0.25) is 0 Å². The first-order chi connectivity index (χ1) is 9.04. The van der Waals surface area contributed by atoms with Crippen LogP contribution in [0.25, 0.3) is 0 Å². The molecule has 2 aromatic rings. The van der Waals surface area contributed by atoms with E-state index in [1.54, 1.807) is 23.1 Å². The second-order valence-corrected chi connectivity index (χ2v) is 7.71. The molecule has 0 amide bonds. The molecule has 0 saturated carbocycles. The van der Waals surface area contributed by atoms with Gasteiger partial charge in [0.05, 0.1) is 0 Å². The average Bonchev–Trinajstić information content (AvgIpc) is 2.73. The Morgan fingerprint density at radius 3 is 2.84 bits per heavy atom. The summed E-state index contributed by atoms with van der Waals surface area (Å²) in [6.45, 7) is 7.24. The largest absolute Gasteiger partial charge is 0.310 e. The molecule has 0 saturated heterocycles. The van der Waals surface area contributed by atoms with Gasteiger partial charge in [0.1, 0.15) is 0 Å². The molecule has 5 heteroatoms. The monoisotopic (exact) mass is 356 g/mol. The molecule has 0 spiro atoms. The van der Waals surface area contributed by atoms with Crippen molar-refractivity contribution in [2.45, 2.75) is 42.6 Å². The highest BCUT2D eigenvalue weighted by atomic mass is 79.9. The van der Waals surface area contributed by atoms with Gasteiger partial charge in [-0.3, -0.25) is 0 Å². The SMILES string of the molecule is Cc1csc(Sc2cc(Br)ccc2CNC(C)C)n1. The summed E-state index contributed by atoms with van der Waals surface area (Å²) in [6.07, 6.45) is 0. The van der Waals surface area contributed by atoms with E-state index in [0.717, 1.165) is 21.1 Å². The lowest BCUT2D eigenvalue weighted by Crippen LogP contribution is -2.22. The second kappa shape index (κ2) is 6.88. The van der Waals surface area contributed by atoms with Crippen LogP contribution in [-0.2, 0) is 6.54 Å². The maximum absolute atomic E-state index is 4.52. The normalized spacial score (nSPS) is 11.2. The zero-order valence-corrected chi connectivity index (χ0v) is 14.5. The Balaban J connectivity index is 2.19. The van der Waals surface area contributed by atoms with E-state index >= 15 is 0 Å². The number of halogens is 1. The predicted octanol–water partition coefficient (Wildman–Crippen LogP) is 4.86. The Hall–Kier alpha value is -0.360. The Morgan fingerprint density at radius 2 is 2.21 bits per heavy atom. The summed E-state index contributed by atoms with van der Waals surface area (Å²) in [4.78, 5) is 5.78. The molecule has 0 unspecified atom stereocenters. The van der Waals surface area contributed by atoms with Gasteiger partial charge >= 0.3 is 0 Å². The van der Waals surface area contributed by atoms with Crippen LogP contribution in [0.3, 0.4) is 0 Å². The van der Waals surface area contributed by atoms with Crippen LogP contribution in [0.2, 0.25) is 0 Å². The molecule has 0 aliphatic carbocycles. The number of aryl methyl sites for hydroxylation is 1. The van der Waals surface area contributed by atoms with E-state index in [4.69, 9.17) is 0 Å². The number of thiazole rings is 1. The van der Waals surface area contributed by atoms with E-state index in [9.17, 15) is 0 Å². The zero-order valence-electron chi connectivity index (χ0n) is 11.2. The molecule has 0 bridgehead atoms. The van der Waals surface area contributed by atoms with Crippen LogP contribution >= 0.6 is 39.0 Å². The van der Waals surface area contributed by atoms with Crippen LogP contribution in [0.4, 0.5) is 0 Å². The van der Waals surface area contributed by atoms with Gasteiger partial charge in [0, 0.05) is 33.0 Å². The zero-order chi connectivity index (χ0) is 13.8. The van der Waals surface area contributed by atoms with E-state index in [1.165, 1.54) is 10.5 Å². The quantitative estimate of drug-likeness (QED) is 0.827. The number of aromatic nitrogens is 1. The van der Waals surface area contributed by atoms with Gasteiger partial charge in [-0.2, -0.15) is 0 Å². The Labute approximate surface area is 131 Å². The number of rotatable bonds is 5. The van der Waals surface area contributed by atoms with E-state index in [-0.39, 0.29) is 0 Å². The first kappa shape index (κ1) is 15.0. The van der Waals surface area contributed by atoms with Gasteiger partial charge in [-0.05, 0) is 24.6 Å². The number of hydrogen-bond donors (Lipinski definition) is 1. The third-order valence-corrected chi connectivity index (χ3v) is 5.17. The van der Waals surface area contributed by atoms with Crippen molar-refractivity contribution in [2.24, 2.45) is 0 Å².